The summed E-state index contributed by atoms with van der Waals surface area (Å²) in [4.78, 5) is 2.58. The van der Waals surface area contributed by atoms with Gasteiger partial charge in [-0.1, -0.05) is 37.6 Å². The van der Waals surface area contributed by atoms with Crippen molar-refractivity contribution < 1.29 is 0 Å². The summed E-state index contributed by atoms with van der Waals surface area (Å²) in [5.74, 6) is 0. The molecule has 0 aromatic heterocycles. The highest BCUT2D eigenvalue weighted by molar-refractivity contribution is 5.33. The predicted molar refractivity (Wildman–Crippen MR) is 60.2 cm³/mol. The van der Waals surface area contributed by atoms with Crippen molar-refractivity contribution in [1.29, 1.82) is 0 Å². The Morgan fingerprint density at radius 1 is 1.36 bits per heavy atom. The molecule has 0 aliphatic carbocycles. The third-order valence-corrected chi connectivity index (χ3v) is 3.23. The third kappa shape index (κ3) is 1.69. The van der Waals surface area contributed by atoms with Gasteiger partial charge in [-0.05, 0) is 31.0 Å². The summed E-state index contributed by atoms with van der Waals surface area (Å²) < 4.78 is 0. The van der Waals surface area contributed by atoms with E-state index in [1.54, 1.807) is 0 Å². The molecular formula is C13H19N. The van der Waals surface area contributed by atoms with Crippen molar-refractivity contribution >= 4 is 0 Å². The molecule has 1 aliphatic heterocycles. The van der Waals surface area contributed by atoms with E-state index in [1.807, 2.05) is 0 Å². The van der Waals surface area contributed by atoms with Gasteiger partial charge >= 0.3 is 0 Å². The first-order chi connectivity index (χ1) is 6.83. The molecule has 0 N–H and O–H groups in total. The van der Waals surface area contributed by atoms with Crippen LogP contribution in [0.4, 0.5) is 0 Å². The standard InChI is InChI=1S/C13H19N/c1-3-4-9-14-10-12-7-5-6-8-13(12)11(14)2/h5-8,11H,3-4,9-10H2,1-2H3/t11-/m0/s1. The van der Waals surface area contributed by atoms with Gasteiger partial charge in [0, 0.05) is 12.6 Å². The fourth-order valence-corrected chi connectivity index (χ4v) is 2.27. The van der Waals surface area contributed by atoms with Gasteiger partial charge < -0.3 is 0 Å². The summed E-state index contributed by atoms with van der Waals surface area (Å²) in [5.41, 5.74) is 3.06. The number of nitrogens with zero attached hydrogens (tertiary/aromatic N) is 1. The van der Waals surface area contributed by atoms with Crippen LogP contribution in [-0.2, 0) is 6.54 Å². The largest absolute Gasteiger partial charge is 0.292 e. The highest BCUT2D eigenvalue weighted by atomic mass is 15.2. The molecule has 0 fully saturated rings. The van der Waals surface area contributed by atoms with Gasteiger partial charge in [0.15, 0.2) is 0 Å². The Morgan fingerprint density at radius 3 is 2.86 bits per heavy atom. The second kappa shape index (κ2) is 4.14. The number of fused-ring (bicyclic) bond motifs is 1. The van der Waals surface area contributed by atoms with Crippen LogP contribution in [0.2, 0.25) is 0 Å². The van der Waals surface area contributed by atoms with Gasteiger partial charge in [-0.3, -0.25) is 4.90 Å². The van der Waals surface area contributed by atoms with Gasteiger partial charge in [-0.25, -0.2) is 0 Å². The summed E-state index contributed by atoms with van der Waals surface area (Å²) in [5, 5.41) is 0. The first kappa shape index (κ1) is 9.72. The maximum Gasteiger partial charge on any atom is 0.0326 e. The zero-order valence-electron chi connectivity index (χ0n) is 9.16. The van der Waals surface area contributed by atoms with Crippen LogP contribution in [0.5, 0.6) is 0 Å². The van der Waals surface area contributed by atoms with Crippen molar-refractivity contribution in [3.8, 4) is 0 Å². The molecule has 1 heterocycles. The third-order valence-electron chi connectivity index (χ3n) is 3.23. The zero-order chi connectivity index (χ0) is 9.97. The van der Waals surface area contributed by atoms with Gasteiger partial charge in [0.1, 0.15) is 0 Å². The van der Waals surface area contributed by atoms with E-state index < -0.39 is 0 Å². The summed E-state index contributed by atoms with van der Waals surface area (Å²) in [6, 6.07) is 9.45. The first-order valence-electron chi connectivity index (χ1n) is 5.64. The molecule has 0 saturated carbocycles. The molecule has 0 amide bonds. The van der Waals surface area contributed by atoms with E-state index in [2.05, 4.69) is 43.0 Å². The molecule has 1 nitrogen and oxygen atoms in total. The minimum Gasteiger partial charge on any atom is -0.292 e. The number of hydrogen-bond donors (Lipinski definition) is 0. The SMILES string of the molecule is CCCCN1Cc2ccccc2[C@@H]1C. The van der Waals surface area contributed by atoms with E-state index in [4.69, 9.17) is 0 Å². The minimum absolute atomic E-state index is 0.623. The smallest absolute Gasteiger partial charge is 0.0326 e. The summed E-state index contributed by atoms with van der Waals surface area (Å²) >= 11 is 0. The van der Waals surface area contributed by atoms with Gasteiger partial charge in [-0.2, -0.15) is 0 Å². The van der Waals surface area contributed by atoms with Gasteiger partial charge in [-0.15, -0.1) is 0 Å². The zero-order valence-corrected chi connectivity index (χ0v) is 9.16. The Kier molecular flexibility index (Phi) is 2.87. The average Bonchev–Trinajstić information content (AvgIpc) is 2.54. The predicted octanol–water partition coefficient (Wildman–Crippen LogP) is 3.36. The molecule has 1 atom stereocenters. The number of rotatable bonds is 3. The lowest BCUT2D eigenvalue weighted by molar-refractivity contribution is 0.226. The molecule has 0 spiro atoms. The van der Waals surface area contributed by atoms with Crippen LogP contribution in [0, 0.1) is 0 Å². The monoisotopic (exact) mass is 189 g/mol. The van der Waals surface area contributed by atoms with E-state index in [-0.39, 0.29) is 0 Å². The van der Waals surface area contributed by atoms with E-state index in [0.29, 0.717) is 6.04 Å². The van der Waals surface area contributed by atoms with Gasteiger partial charge in [0.25, 0.3) is 0 Å². The number of unbranched alkanes of at least 4 members (excludes halogenated alkanes) is 1. The summed E-state index contributed by atoms with van der Waals surface area (Å²) in [6.45, 7) is 6.97. The lowest BCUT2D eigenvalue weighted by atomic mass is 10.1. The first-order valence-corrected chi connectivity index (χ1v) is 5.64. The minimum atomic E-state index is 0.623. The molecule has 0 radical (unpaired) electrons. The van der Waals surface area contributed by atoms with Crippen molar-refractivity contribution in [3.05, 3.63) is 35.4 Å². The average molecular weight is 189 g/mol. The highest BCUT2D eigenvalue weighted by Crippen LogP contribution is 2.32. The Morgan fingerprint density at radius 2 is 2.14 bits per heavy atom. The summed E-state index contributed by atoms with van der Waals surface area (Å²) in [6.07, 6.45) is 2.61. The van der Waals surface area contributed by atoms with Crippen LogP contribution in [-0.4, -0.2) is 11.4 Å². The van der Waals surface area contributed by atoms with Crippen LogP contribution in [0.3, 0.4) is 0 Å². The Bertz CT molecular complexity index is 306. The Balaban J connectivity index is 2.09. The number of benzene rings is 1. The van der Waals surface area contributed by atoms with E-state index in [9.17, 15) is 0 Å². The molecule has 1 aromatic carbocycles. The normalized spacial score (nSPS) is 21.1. The second-order valence-electron chi connectivity index (χ2n) is 4.20. The fourth-order valence-electron chi connectivity index (χ4n) is 2.27. The maximum absolute atomic E-state index is 2.58. The maximum atomic E-state index is 2.58. The number of hydrogen-bond acceptors (Lipinski definition) is 1. The fraction of sp³-hybridized carbons (Fsp3) is 0.538. The van der Waals surface area contributed by atoms with Crippen LogP contribution < -0.4 is 0 Å². The van der Waals surface area contributed by atoms with Crippen LogP contribution >= 0.6 is 0 Å². The van der Waals surface area contributed by atoms with Crippen molar-refractivity contribution in [3.63, 3.8) is 0 Å². The van der Waals surface area contributed by atoms with Crippen LogP contribution in [0.15, 0.2) is 24.3 Å². The molecule has 0 unspecified atom stereocenters. The lowest BCUT2D eigenvalue weighted by Crippen LogP contribution is -2.21. The van der Waals surface area contributed by atoms with Crippen molar-refractivity contribution in [1.82, 2.24) is 4.90 Å². The molecule has 1 heteroatoms. The molecule has 14 heavy (non-hydrogen) atoms. The molecule has 76 valence electrons. The quantitative estimate of drug-likeness (QED) is 0.704. The molecule has 1 aliphatic rings. The van der Waals surface area contributed by atoms with Crippen molar-refractivity contribution in [2.75, 3.05) is 6.54 Å². The second-order valence-corrected chi connectivity index (χ2v) is 4.20. The molecular weight excluding hydrogens is 170 g/mol. The van der Waals surface area contributed by atoms with E-state index >= 15 is 0 Å². The van der Waals surface area contributed by atoms with Crippen LogP contribution in [0.25, 0.3) is 0 Å². The van der Waals surface area contributed by atoms with Crippen LogP contribution in [0.1, 0.15) is 43.9 Å². The Hall–Kier alpha value is -0.820. The van der Waals surface area contributed by atoms with E-state index in [1.165, 1.54) is 30.5 Å². The topological polar surface area (TPSA) is 3.24 Å². The Labute approximate surface area is 86.7 Å². The molecule has 2 rings (SSSR count). The van der Waals surface area contributed by atoms with Gasteiger partial charge in [0.05, 0.1) is 0 Å². The summed E-state index contributed by atoms with van der Waals surface area (Å²) in [7, 11) is 0. The van der Waals surface area contributed by atoms with Crippen molar-refractivity contribution in [2.45, 2.75) is 39.3 Å². The molecule has 0 bridgehead atoms. The molecule has 1 aromatic rings. The van der Waals surface area contributed by atoms with Gasteiger partial charge in [0.2, 0.25) is 0 Å². The van der Waals surface area contributed by atoms with E-state index in [0.717, 1.165) is 6.54 Å². The lowest BCUT2D eigenvalue weighted by Gasteiger charge is -2.20. The highest BCUT2D eigenvalue weighted by Gasteiger charge is 2.24. The van der Waals surface area contributed by atoms with Crippen molar-refractivity contribution in [2.24, 2.45) is 0 Å². The molecule has 0 saturated heterocycles.